The Morgan fingerprint density at radius 3 is 2.39 bits per heavy atom. The van der Waals surface area contributed by atoms with E-state index in [0.717, 1.165) is 0 Å². The monoisotopic (exact) mass is 354 g/mol. The fourth-order valence-electron chi connectivity index (χ4n) is 3.09. The van der Waals surface area contributed by atoms with Crippen LogP contribution in [0.5, 0.6) is 0 Å². The minimum atomic E-state index is -3.70. The summed E-state index contributed by atoms with van der Waals surface area (Å²) in [5.41, 5.74) is 11.4. The summed E-state index contributed by atoms with van der Waals surface area (Å²) < 4.78 is 39.2. The van der Waals surface area contributed by atoms with Crippen molar-refractivity contribution in [3.63, 3.8) is 0 Å². The standard InChI is InChI=1S/C16H16ClFN2O2S/c17-11-4-6-13(7-5-11)23(21,22)15-14(16(15,20)9-19)10-2-1-3-12(18)8-10/h1-8,14-15H,9,19-20H2/t14-,15-,16+/m1/s1. The average Bonchev–Trinajstić information content (AvgIpc) is 3.15. The number of sulfone groups is 1. The van der Waals surface area contributed by atoms with Crippen molar-refractivity contribution in [3.05, 3.63) is 64.9 Å². The second-order valence-electron chi connectivity index (χ2n) is 5.77. The molecule has 0 amide bonds. The maximum atomic E-state index is 13.5. The molecule has 1 aliphatic carbocycles. The summed E-state index contributed by atoms with van der Waals surface area (Å²) in [7, 11) is -3.70. The molecule has 4 N–H and O–H groups in total. The maximum absolute atomic E-state index is 13.5. The van der Waals surface area contributed by atoms with Crippen molar-refractivity contribution in [2.24, 2.45) is 11.5 Å². The van der Waals surface area contributed by atoms with Crippen LogP contribution in [0.4, 0.5) is 4.39 Å². The van der Waals surface area contributed by atoms with Crippen LogP contribution in [0.25, 0.3) is 0 Å². The third-order valence-electron chi connectivity index (χ3n) is 4.34. The van der Waals surface area contributed by atoms with Crippen LogP contribution in [0.3, 0.4) is 0 Å². The van der Waals surface area contributed by atoms with Crippen molar-refractivity contribution >= 4 is 21.4 Å². The van der Waals surface area contributed by atoms with E-state index in [1.165, 1.54) is 42.5 Å². The van der Waals surface area contributed by atoms with E-state index < -0.39 is 32.4 Å². The first-order chi connectivity index (χ1) is 10.8. The summed E-state index contributed by atoms with van der Waals surface area (Å²) in [6.45, 7) is -0.00827. The topological polar surface area (TPSA) is 86.2 Å². The molecule has 0 aliphatic heterocycles. The third-order valence-corrected chi connectivity index (χ3v) is 6.90. The van der Waals surface area contributed by atoms with Crippen molar-refractivity contribution in [3.8, 4) is 0 Å². The van der Waals surface area contributed by atoms with Crippen LogP contribution < -0.4 is 11.5 Å². The summed E-state index contributed by atoms with van der Waals surface area (Å²) >= 11 is 5.80. The Morgan fingerprint density at radius 1 is 1.17 bits per heavy atom. The fraction of sp³-hybridized carbons (Fsp3) is 0.250. The molecule has 7 heteroatoms. The molecular weight excluding hydrogens is 339 g/mol. The van der Waals surface area contributed by atoms with Gasteiger partial charge in [-0.25, -0.2) is 12.8 Å². The molecular formula is C16H16ClFN2O2S. The number of halogens is 2. The van der Waals surface area contributed by atoms with Crippen molar-refractivity contribution in [2.45, 2.75) is 21.6 Å². The molecule has 0 unspecified atom stereocenters. The molecule has 0 heterocycles. The van der Waals surface area contributed by atoms with Crippen molar-refractivity contribution in [2.75, 3.05) is 6.54 Å². The Kier molecular flexibility index (Phi) is 3.96. The van der Waals surface area contributed by atoms with Gasteiger partial charge >= 0.3 is 0 Å². The second-order valence-corrected chi connectivity index (χ2v) is 8.27. The molecule has 0 aromatic heterocycles. The lowest BCUT2D eigenvalue weighted by Crippen LogP contribution is -2.39. The van der Waals surface area contributed by atoms with E-state index in [0.29, 0.717) is 10.6 Å². The maximum Gasteiger partial charge on any atom is 0.183 e. The van der Waals surface area contributed by atoms with Gasteiger partial charge in [-0.2, -0.15) is 0 Å². The number of hydrogen-bond acceptors (Lipinski definition) is 4. The van der Waals surface area contributed by atoms with Gasteiger partial charge in [-0.15, -0.1) is 0 Å². The summed E-state index contributed by atoms with van der Waals surface area (Å²) in [6.07, 6.45) is 0. The first-order valence-corrected chi connectivity index (χ1v) is 8.97. The van der Waals surface area contributed by atoms with Gasteiger partial charge in [0.15, 0.2) is 9.84 Å². The zero-order valence-electron chi connectivity index (χ0n) is 12.1. The van der Waals surface area contributed by atoms with Crippen molar-refractivity contribution < 1.29 is 12.8 Å². The van der Waals surface area contributed by atoms with Crippen LogP contribution >= 0.6 is 11.6 Å². The SMILES string of the molecule is NC[C@]1(N)[C@H](c2cccc(F)c2)[C@H]1S(=O)(=O)c1ccc(Cl)cc1. The second kappa shape index (κ2) is 5.56. The zero-order valence-corrected chi connectivity index (χ0v) is 13.7. The molecule has 1 fully saturated rings. The van der Waals surface area contributed by atoms with Crippen LogP contribution in [-0.2, 0) is 9.84 Å². The van der Waals surface area contributed by atoms with Crippen molar-refractivity contribution in [1.82, 2.24) is 0 Å². The van der Waals surface area contributed by atoms with Gasteiger partial charge < -0.3 is 11.5 Å². The molecule has 0 radical (unpaired) electrons. The Balaban J connectivity index is 2.03. The van der Waals surface area contributed by atoms with E-state index >= 15 is 0 Å². The Labute approximate surface area is 139 Å². The molecule has 0 bridgehead atoms. The van der Waals surface area contributed by atoms with E-state index in [4.69, 9.17) is 23.1 Å². The summed E-state index contributed by atoms with van der Waals surface area (Å²) in [5, 5.41) is -0.442. The molecule has 1 aliphatic rings. The van der Waals surface area contributed by atoms with Crippen LogP contribution in [0.2, 0.25) is 5.02 Å². The van der Waals surface area contributed by atoms with E-state index in [1.807, 2.05) is 0 Å². The molecule has 1 saturated carbocycles. The molecule has 0 saturated heterocycles. The van der Waals surface area contributed by atoms with E-state index in [-0.39, 0.29) is 11.4 Å². The van der Waals surface area contributed by atoms with Gasteiger partial charge in [0.25, 0.3) is 0 Å². The lowest BCUT2D eigenvalue weighted by molar-refractivity contribution is 0.586. The Hall–Kier alpha value is -1.47. The quantitative estimate of drug-likeness (QED) is 0.880. The lowest BCUT2D eigenvalue weighted by atomic mass is 10.1. The molecule has 4 nitrogen and oxygen atoms in total. The van der Waals surface area contributed by atoms with E-state index in [1.54, 1.807) is 6.07 Å². The smallest absolute Gasteiger partial charge is 0.183 e. The van der Waals surface area contributed by atoms with Gasteiger partial charge in [-0.3, -0.25) is 0 Å². The van der Waals surface area contributed by atoms with Crippen LogP contribution in [0, 0.1) is 5.82 Å². The highest BCUT2D eigenvalue weighted by Crippen LogP contribution is 2.55. The lowest BCUT2D eigenvalue weighted by Gasteiger charge is -2.09. The van der Waals surface area contributed by atoms with Crippen LogP contribution in [-0.4, -0.2) is 25.8 Å². The number of rotatable bonds is 4. The first kappa shape index (κ1) is 16.4. The normalized spacial score (nSPS) is 27.0. The molecule has 2 aromatic carbocycles. The number of benzene rings is 2. The first-order valence-electron chi connectivity index (χ1n) is 7.04. The molecule has 2 aromatic rings. The zero-order chi connectivity index (χ0) is 16.8. The van der Waals surface area contributed by atoms with Gasteiger partial charge in [0.2, 0.25) is 0 Å². The van der Waals surface area contributed by atoms with Gasteiger partial charge in [0.05, 0.1) is 15.7 Å². The highest BCUT2D eigenvalue weighted by atomic mass is 35.5. The largest absolute Gasteiger partial charge is 0.329 e. The van der Waals surface area contributed by atoms with Crippen LogP contribution in [0.15, 0.2) is 53.4 Å². The molecule has 0 spiro atoms. The van der Waals surface area contributed by atoms with Gasteiger partial charge in [-0.1, -0.05) is 23.7 Å². The number of nitrogens with two attached hydrogens (primary N) is 2. The van der Waals surface area contributed by atoms with Crippen LogP contribution in [0.1, 0.15) is 11.5 Å². The van der Waals surface area contributed by atoms with E-state index in [2.05, 4.69) is 0 Å². The van der Waals surface area contributed by atoms with Gasteiger partial charge in [0, 0.05) is 17.5 Å². The van der Waals surface area contributed by atoms with E-state index in [9.17, 15) is 12.8 Å². The third kappa shape index (κ3) is 2.65. The average molecular weight is 355 g/mol. The predicted octanol–water partition coefficient (Wildman–Crippen LogP) is 2.07. The Morgan fingerprint density at radius 2 is 1.83 bits per heavy atom. The predicted molar refractivity (Wildman–Crippen MR) is 87.5 cm³/mol. The highest BCUT2D eigenvalue weighted by Gasteiger charge is 2.68. The highest BCUT2D eigenvalue weighted by molar-refractivity contribution is 7.92. The van der Waals surface area contributed by atoms with Gasteiger partial charge in [0.1, 0.15) is 5.82 Å². The molecule has 23 heavy (non-hydrogen) atoms. The molecule has 3 rings (SSSR count). The number of hydrogen-bond donors (Lipinski definition) is 2. The summed E-state index contributed by atoms with van der Waals surface area (Å²) in [5.74, 6) is -0.972. The summed E-state index contributed by atoms with van der Waals surface area (Å²) in [6, 6.07) is 11.7. The minimum absolute atomic E-state index is 0.00827. The molecule has 3 atom stereocenters. The summed E-state index contributed by atoms with van der Waals surface area (Å²) in [4.78, 5) is 0.133. The molecule has 122 valence electrons. The van der Waals surface area contributed by atoms with Gasteiger partial charge in [-0.05, 0) is 42.0 Å². The minimum Gasteiger partial charge on any atom is -0.329 e. The Bertz CT molecular complexity index is 841. The fourth-order valence-corrected chi connectivity index (χ4v) is 5.54. The van der Waals surface area contributed by atoms with Crippen molar-refractivity contribution in [1.29, 1.82) is 0 Å².